The molecule has 1 fully saturated rings. The van der Waals surface area contributed by atoms with Crippen LogP contribution in [0.25, 0.3) is 0 Å². The fourth-order valence-corrected chi connectivity index (χ4v) is 3.80. The summed E-state index contributed by atoms with van der Waals surface area (Å²) in [6, 6.07) is 6.06. The molecule has 1 saturated heterocycles. The van der Waals surface area contributed by atoms with Gasteiger partial charge in [-0.1, -0.05) is 24.4 Å². The molecule has 2 rings (SSSR count). The lowest BCUT2D eigenvalue weighted by Gasteiger charge is -2.40. The number of hydrogen-bond donors (Lipinski definition) is 1. The Morgan fingerprint density at radius 3 is 2.43 bits per heavy atom. The zero-order chi connectivity index (χ0) is 15.5. The number of likely N-dealkylation sites (tertiary alicyclic amines) is 1. The third kappa shape index (κ3) is 3.74. The Morgan fingerprint density at radius 1 is 1.38 bits per heavy atom. The average Bonchev–Trinajstić information content (AvgIpc) is 2.49. The van der Waals surface area contributed by atoms with Gasteiger partial charge in [0.05, 0.1) is 16.2 Å². The minimum absolute atomic E-state index is 0.0688. The van der Waals surface area contributed by atoms with Crippen molar-refractivity contribution < 1.29 is 9.18 Å². The summed E-state index contributed by atoms with van der Waals surface area (Å²) in [5.41, 5.74) is 6.67. The fraction of sp³-hybridized carbons (Fsp3) is 0.467. The van der Waals surface area contributed by atoms with Crippen molar-refractivity contribution in [2.24, 2.45) is 5.73 Å². The van der Waals surface area contributed by atoms with E-state index >= 15 is 0 Å². The maximum Gasteiger partial charge on any atom is 0.226 e. The number of nitrogens with zero attached hydrogens (tertiary/aromatic N) is 1. The highest BCUT2D eigenvalue weighted by molar-refractivity contribution is 8.02. The van der Waals surface area contributed by atoms with Crippen molar-refractivity contribution in [3.8, 4) is 0 Å². The van der Waals surface area contributed by atoms with Gasteiger partial charge < -0.3 is 10.6 Å². The van der Waals surface area contributed by atoms with E-state index in [0.29, 0.717) is 24.5 Å². The van der Waals surface area contributed by atoms with Crippen molar-refractivity contribution in [1.82, 2.24) is 4.90 Å². The van der Waals surface area contributed by atoms with Gasteiger partial charge in [0.2, 0.25) is 5.91 Å². The van der Waals surface area contributed by atoms with E-state index in [9.17, 15) is 9.18 Å². The van der Waals surface area contributed by atoms with Crippen LogP contribution in [0.5, 0.6) is 0 Å². The van der Waals surface area contributed by atoms with Crippen molar-refractivity contribution in [1.29, 1.82) is 0 Å². The van der Waals surface area contributed by atoms with Gasteiger partial charge in [0.15, 0.2) is 0 Å². The predicted molar refractivity (Wildman–Crippen MR) is 88.9 cm³/mol. The Labute approximate surface area is 134 Å². The normalized spacial score (nSPS) is 17.5. The Morgan fingerprint density at radius 2 is 1.95 bits per heavy atom. The van der Waals surface area contributed by atoms with Crippen LogP contribution < -0.4 is 5.73 Å². The topological polar surface area (TPSA) is 46.3 Å². The second-order valence-electron chi connectivity index (χ2n) is 5.25. The molecule has 0 radical (unpaired) electrons. The lowest BCUT2D eigenvalue weighted by Crippen LogP contribution is -2.51. The second kappa shape index (κ2) is 6.75. The SMILES string of the molecule is CSC1(C(N)=S)CCN(C(=O)Cc2ccc(F)cc2)CC1. The van der Waals surface area contributed by atoms with Gasteiger partial charge in [-0.3, -0.25) is 4.79 Å². The summed E-state index contributed by atoms with van der Waals surface area (Å²) >= 11 is 6.84. The molecule has 2 N–H and O–H groups in total. The first-order valence-electron chi connectivity index (χ1n) is 6.84. The van der Waals surface area contributed by atoms with E-state index in [0.717, 1.165) is 18.4 Å². The van der Waals surface area contributed by atoms with Crippen LogP contribution in [0.2, 0.25) is 0 Å². The molecule has 1 heterocycles. The highest BCUT2D eigenvalue weighted by Crippen LogP contribution is 2.35. The molecule has 0 aliphatic carbocycles. The lowest BCUT2D eigenvalue weighted by atomic mass is 9.95. The van der Waals surface area contributed by atoms with E-state index in [1.807, 2.05) is 11.2 Å². The van der Waals surface area contributed by atoms with Gasteiger partial charge in [0.25, 0.3) is 0 Å². The van der Waals surface area contributed by atoms with E-state index < -0.39 is 0 Å². The van der Waals surface area contributed by atoms with Gasteiger partial charge in [-0.15, -0.1) is 0 Å². The number of carbonyl (C=O) groups excluding carboxylic acids is 1. The molecule has 1 aromatic carbocycles. The van der Waals surface area contributed by atoms with E-state index in [1.54, 1.807) is 23.9 Å². The maximum atomic E-state index is 12.9. The summed E-state index contributed by atoms with van der Waals surface area (Å²) in [6.45, 7) is 1.33. The van der Waals surface area contributed by atoms with Crippen LogP contribution in [0.3, 0.4) is 0 Å². The molecule has 3 nitrogen and oxygen atoms in total. The molecule has 6 heteroatoms. The van der Waals surface area contributed by atoms with Crippen LogP contribution in [0.15, 0.2) is 24.3 Å². The highest BCUT2D eigenvalue weighted by Gasteiger charge is 2.37. The summed E-state index contributed by atoms with van der Waals surface area (Å²) in [5, 5.41) is 0. The molecule has 0 aromatic heterocycles. The number of halogens is 1. The van der Waals surface area contributed by atoms with E-state index in [2.05, 4.69) is 0 Å². The highest BCUT2D eigenvalue weighted by atomic mass is 32.2. The molecule has 114 valence electrons. The Kier molecular flexibility index (Phi) is 5.22. The van der Waals surface area contributed by atoms with Crippen molar-refractivity contribution in [3.05, 3.63) is 35.6 Å². The molecule has 1 aliphatic heterocycles. The molecule has 0 spiro atoms. The van der Waals surface area contributed by atoms with Crippen LogP contribution in [0.1, 0.15) is 18.4 Å². The molecule has 1 amide bonds. The summed E-state index contributed by atoms with van der Waals surface area (Å²) in [5.74, 6) is -0.218. The quantitative estimate of drug-likeness (QED) is 0.863. The zero-order valence-electron chi connectivity index (χ0n) is 12.0. The van der Waals surface area contributed by atoms with Gasteiger partial charge in [-0.05, 0) is 36.8 Å². The van der Waals surface area contributed by atoms with Gasteiger partial charge in [0, 0.05) is 13.1 Å². The van der Waals surface area contributed by atoms with Gasteiger partial charge in [-0.2, -0.15) is 11.8 Å². The summed E-state index contributed by atoms with van der Waals surface area (Å²) in [6.07, 6.45) is 3.89. The molecule has 1 aromatic rings. The van der Waals surface area contributed by atoms with E-state index in [-0.39, 0.29) is 16.5 Å². The Hall–Kier alpha value is -1.14. The predicted octanol–water partition coefficient (Wildman–Crippen LogP) is 2.38. The number of amides is 1. The summed E-state index contributed by atoms with van der Waals surface area (Å²) in [4.78, 5) is 14.7. The van der Waals surface area contributed by atoms with E-state index in [1.165, 1.54) is 12.1 Å². The third-order valence-electron chi connectivity index (χ3n) is 4.03. The minimum atomic E-state index is -0.287. The number of piperidine rings is 1. The van der Waals surface area contributed by atoms with Crippen LogP contribution >= 0.6 is 24.0 Å². The first-order chi connectivity index (χ1) is 9.97. The van der Waals surface area contributed by atoms with E-state index in [4.69, 9.17) is 18.0 Å². The molecule has 0 unspecified atom stereocenters. The van der Waals surface area contributed by atoms with Crippen LogP contribution in [0, 0.1) is 5.82 Å². The van der Waals surface area contributed by atoms with Crippen molar-refractivity contribution in [3.63, 3.8) is 0 Å². The zero-order valence-corrected chi connectivity index (χ0v) is 13.6. The van der Waals surface area contributed by atoms with Crippen LogP contribution in [-0.4, -0.2) is 39.9 Å². The largest absolute Gasteiger partial charge is 0.392 e. The number of benzene rings is 1. The lowest BCUT2D eigenvalue weighted by molar-refractivity contribution is -0.131. The monoisotopic (exact) mass is 326 g/mol. The number of thiocarbonyl (C=S) groups is 1. The molecule has 0 saturated carbocycles. The second-order valence-corrected chi connectivity index (χ2v) is 6.88. The van der Waals surface area contributed by atoms with Crippen LogP contribution in [0.4, 0.5) is 4.39 Å². The van der Waals surface area contributed by atoms with Gasteiger partial charge in [0.1, 0.15) is 5.82 Å². The molecule has 1 aliphatic rings. The van der Waals surface area contributed by atoms with Gasteiger partial charge >= 0.3 is 0 Å². The van der Waals surface area contributed by atoms with Crippen molar-refractivity contribution in [2.45, 2.75) is 24.0 Å². The molecule has 0 atom stereocenters. The third-order valence-corrected chi connectivity index (χ3v) is 5.96. The molecule has 0 bridgehead atoms. The average molecular weight is 326 g/mol. The first-order valence-corrected chi connectivity index (χ1v) is 8.47. The number of rotatable bonds is 4. The Balaban J connectivity index is 1.94. The number of hydrogen-bond acceptors (Lipinski definition) is 3. The summed E-state index contributed by atoms with van der Waals surface area (Å²) < 4.78 is 12.7. The first kappa shape index (κ1) is 16.2. The standard InChI is InChI=1S/C15H19FN2OS2/c1-21-15(14(17)20)6-8-18(9-7-15)13(19)10-11-2-4-12(16)5-3-11/h2-5H,6-10H2,1H3,(H2,17,20). The van der Waals surface area contributed by atoms with Crippen LogP contribution in [-0.2, 0) is 11.2 Å². The molecular weight excluding hydrogens is 307 g/mol. The number of carbonyl (C=O) groups is 1. The molecule has 21 heavy (non-hydrogen) atoms. The van der Waals surface area contributed by atoms with Crippen molar-refractivity contribution >= 4 is 34.9 Å². The number of nitrogens with two attached hydrogens (primary N) is 1. The maximum absolute atomic E-state index is 12.9. The molecular formula is C15H19FN2OS2. The Bertz CT molecular complexity index is 525. The smallest absolute Gasteiger partial charge is 0.226 e. The van der Waals surface area contributed by atoms with Gasteiger partial charge in [-0.25, -0.2) is 4.39 Å². The minimum Gasteiger partial charge on any atom is -0.392 e. The van der Waals surface area contributed by atoms with Crippen molar-refractivity contribution in [2.75, 3.05) is 19.3 Å². The summed E-state index contributed by atoms with van der Waals surface area (Å²) in [7, 11) is 0. The number of thioether (sulfide) groups is 1. The fourth-order valence-electron chi connectivity index (χ4n) is 2.56.